The van der Waals surface area contributed by atoms with Gasteiger partial charge in [-0.05, 0) is 59.4 Å². The molecule has 0 aliphatic heterocycles. The summed E-state index contributed by atoms with van der Waals surface area (Å²) in [5.74, 6) is 1.01. The van der Waals surface area contributed by atoms with Gasteiger partial charge in [0.15, 0.2) is 0 Å². The number of methoxy groups -OCH3 is 1. The molecule has 33 heavy (non-hydrogen) atoms. The zero-order chi connectivity index (χ0) is 23.0. The molecule has 168 valence electrons. The Bertz CT molecular complexity index is 1190. The van der Waals surface area contributed by atoms with Crippen molar-refractivity contribution in [1.82, 2.24) is 4.90 Å². The number of fused-ring (bicyclic) bond motifs is 1. The Labute approximate surface area is 196 Å². The molecular weight excluding hydrogens is 406 g/mol. The van der Waals surface area contributed by atoms with Crippen LogP contribution in [0.2, 0.25) is 0 Å². The van der Waals surface area contributed by atoms with Gasteiger partial charge in [-0.1, -0.05) is 84.4 Å². The normalized spacial score (nSPS) is 10.8. The van der Waals surface area contributed by atoms with Gasteiger partial charge in [0.05, 0.1) is 7.11 Å². The van der Waals surface area contributed by atoms with E-state index in [0.717, 1.165) is 24.2 Å². The highest BCUT2D eigenvalue weighted by atomic mass is 16.5. The third-order valence-corrected chi connectivity index (χ3v) is 6.10. The smallest absolute Gasteiger partial charge is 0.223 e. The molecule has 4 rings (SSSR count). The van der Waals surface area contributed by atoms with Gasteiger partial charge in [-0.15, -0.1) is 0 Å². The van der Waals surface area contributed by atoms with E-state index in [1.807, 2.05) is 29.2 Å². The van der Waals surface area contributed by atoms with Gasteiger partial charge in [0.2, 0.25) is 5.91 Å². The number of benzene rings is 4. The molecule has 0 heterocycles. The van der Waals surface area contributed by atoms with E-state index in [4.69, 9.17) is 4.74 Å². The second kappa shape index (κ2) is 10.8. The van der Waals surface area contributed by atoms with Gasteiger partial charge in [0.25, 0.3) is 0 Å². The molecule has 0 atom stereocenters. The highest BCUT2D eigenvalue weighted by Gasteiger charge is 2.16. The first kappa shape index (κ1) is 22.6. The molecule has 0 radical (unpaired) electrons. The number of hydrogen-bond acceptors (Lipinski definition) is 2. The fourth-order valence-corrected chi connectivity index (χ4v) is 4.18. The second-order valence-corrected chi connectivity index (χ2v) is 8.58. The molecule has 0 N–H and O–H groups in total. The van der Waals surface area contributed by atoms with Gasteiger partial charge in [-0.25, -0.2) is 0 Å². The fraction of sp³-hybridized carbons (Fsp3) is 0.233. The van der Waals surface area contributed by atoms with E-state index >= 15 is 0 Å². The summed E-state index contributed by atoms with van der Waals surface area (Å²) in [6.07, 6.45) is 2.29. The van der Waals surface area contributed by atoms with E-state index in [1.165, 1.54) is 27.5 Å². The molecule has 3 heteroatoms. The summed E-state index contributed by atoms with van der Waals surface area (Å²) in [7, 11) is 1.67. The third kappa shape index (κ3) is 6.01. The number of amides is 1. The van der Waals surface area contributed by atoms with Crippen LogP contribution in [0.3, 0.4) is 0 Å². The average Bonchev–Trinajstić information content (AvgIpc) is 2.85. The first-order valence-corrected chi connectivity index (χ1v) is 11.6. The van der Waals surface area contributed by atoms with Crippen molar-refractivity contribution in [2.75, 3.05) is 7.11 Å². The van der Waals surface area contributed by atoms with E-state index in [9.17, 15) is 4.79 Å². The van der Waals surface area contributed by atoms with Gasteiger partial charge in [-0.3, -0.25) is 4.79 Å². The summed E-state index contributed by atoms with van der Waals surface area (Å²) >= 11 is 0. The minimum absolute atomic E-state index is 0.186. The van der Waals surface area contributed by atoms with E-state index in [2.05, 4.69) is 73.7 Å². The van der Waals surface area contributed by atoms with Crippen molar-refractivity contribution in [2.45, 2.75) is 39.3 Å². The molecule has 0 fully saturated rings. The maximum Gasteiger partial charge on any atom is 0.223 e. The zero-order valence-corrected chi connectivity index (χ0v) is 19.5. The van der Waals surface area contributed by atoms with Crippen molar-refractivity contribution in [3.05, 3.63) is 113 Å². The van der Waals surface area contributed by atoms with Crippen LogP contribution in [-0.4, -0.2) is 17.9 Å². The maximum atomic E-state index is 13.4. The van der Waals surface area contributed by atoms with Gasteiger partial charge in [-0.2, -0.15) is 0 Å². The number of aryl methyl sites for hydroxylation is 2. The lowest BCUT2D eigenvalue weighted by molar-refractivity contribution is -0.132. The molecule has 4 aromatic rings. The molecule has 3 nitrogen and oxygen atoms in total. The molecule has 0 bridgehead atoms. The number of nitrogens with zero attached hydrogens (tertiary/aromatic N) is 1. The van der Waals surface area contributed by atoms with Crippen LogP contribution in [0.1, 0.15) is 35.1 Å². The molecule has 0 unspecified atom stereocenters. The summed E-state index contributed by atoms with van der Waals surface area (Å²) in [6.45, 7) is 3.27. The Morgan fingerprint density at radius 2 is 1.48 bits per heavy atom. The number of carbonyl (C=O) groups is 1. The maximum absolute atomic E-state index is 13.4. The summed E-state index contributed by atoms with van der Waals surface area (Å²) < 4.78 is 5.29. The molecule has 0 saturated carbocycles. The molecule has 4 aromatic carbocycles. The summed E-state index contributed by atoms with van der Waals surface area (Å²) in [5, 5.41) is 2.40. The van der Waals surface area contributed by atoms with Crippen molar-refractivity contribution in [1.29, 1.82) is 0 Å². The van der Waals surface area contributed by atoms with Gasteiger partial charge < -0.3 is 9.64 Å². The van der Waals surface area contributed by atoms with Gasteiger partial charge >= 0.3 is 0 Å². The van der Waals surface area contributed by atoms with E-state index in [1.54, 1.807) is 7.11 Å². The lowest BCUT2D eigenvalue weighted by Crippen LogP contribution is -2.30. The topological polar surface area (TPSA) is 29.5 Å². The van der Waals surface area contributed by atoms with Crippen LogP contribution >= 0.6 is 0 Å². The first-order chi connectivity index (χ1) is 16.1. The van der Waals surface area contributed by atoms with Gasteiger partial charge in [0.1, 0.15) is 5.75 Å². The van der Waals surface area contributed by atoms with E-state index in [-0.39, 0.29) is 5.91 Å². The minimum Gasteiger partial charge on any atom is -0.497 e. The molecular formula is C30H31NO2. The Balaban J connectivity index is 1.50. The molecule has 0 spiro atoms. The standard InChI is InChI=1S/C30H31NO2/c1-23-13-15-24(16-14-23)7-5-12-30(32)31(21-25-17-19-28(33-2)20-18-25)22-27-10-6-9-26-8-3-4-11-29(26)27/h3-4,6,8-11,13-20H,5,7,12,21-22H2,1-2H3. The van der Waals surface area contributed by atoms with Crippen molar-refractivity contribution in [3.8, 4) is 5.75 Å². The molecule has 0 aliphatic rings. The van der Waals surface area contributed by atoms with Crippen molar-refractivity contribution >= 4 is 16.7 Å². The molecule has 1 amide bonds. The predicted octanol–water partition coefficient (Wildman–Crippen LogP) is 6.71. The zero-order valence-electron chi connectivity index (χ0n) is 19.5. The molecule has 0 aromatic heterocycles. The largest absolute Gasteiger partial charge is 0.497 e. The monoisotopic (exact) mass is 437 g/mol. The van der Waals surface area contributed by atoms with Crippen LogP contribution in [-0.2, 0) is 24.3 Å². The van der Waals surface area contributed by atoms with Crippen molar-refractivity contribution < 1.29 is 9.53 Å². The highest BCUT2D eigenvalue weighted by molar-refractivity contribution is 5.86. The number of ether oxygens (including phenoxy) is 1. The SMILES string of the molecule is COc1ccc(CN(Cc2cccc3ccccc23)C(=O)CCCc2ccc(C)cc2)cc1. The quantitative estimate of drug-likeness (QED) is 0.291. The van der Waals surface area contributed by atoms with E-state index < -0.39 is 0 Å². The summed E-state index contributed by atoms with van der Waals surface area (Å²) in [6, 6.07) is 31.2. The Hall–Kier alpha value is -3.59. The van der Waals surface area contributed by atoms with Crippen LogP contribution in [0, 0.1) is 6.92 Å². The van der Waals surface area contributed by atoms with Crippen LogP contribution in [0.15, 0.2) is 91.0 Å². The summed E-state index contributed by atoms with van der Waals surface area (Å²) in [4.78, 5) is 15.3. The third-order valence-electron chi connectivity index (χ3n) is 6.10. The number of hydrogen-bond donors (Lipinski definition) is 0. The van der Waals surface area contributed by atoms with Crippen LogP contribution in [0.25, 0.3) is 10.8 Å². The van der Waals surface area contributed by atoms with Crippen LogP contribution in [0.5, 0.6) is 5.75 Å². The van der Waals surface area contributed by atoms with Crippen molar-refractivity contribution in [3.63, 3.8) is 0 Å². The minimum atomic E-state index is 0.186. The van der Waals surface area contributed by atoms with Gasteiger partial charge in [0, 0.05) is 19.5 Å². The number of carbonyl (C=O) groups excluding carboxylic acids is 1. The molecule has 0 saturated heterocycles. The predicted molar refractivity (Wildman–Crippen MR) is 135 cm³/mol. The first-order valence-electron chi connectivity index (χ1n) is 11.6. The second-order valence-electron chi connectivity index (χ2n) is 8.58. The Morgan fingerprint density at radius 3 is 2.24 bits per heavy atom. The highest BCUT2D eigenvalue weighted by Crippen LogP contribution is 2.22. The lowest BCUT2D eigenvalue weighted by Gasteiger charge is -2.24. The average molecular weight is 438 g/mol. The summed E-state index contributed by atoms with van der Waals surface area (Å²) in [5.41, 5.74) is 4.82. The van der Waals surface area contributed by atoms with Crippen molar-refractivity contribution in [2.24, 2.45) is 0 Å². The lowest BCUT2D eigenvalue weighted by atomic mass is 10.0. The van der Waals surface area contributed by atoms with Crippen LogP contribution < -0.4 is 4.74 Å². The fourth-order valence-electron chi connectivity index (χ4n) is 4.18. The van der Waals surface area contributed by atoms with Crippen LogP contribution in [0.4, 0.5) is 0 Å². The van der Waals surface area contributed by atoms with E-state index in [0.29, 0.717) is 19.5 Å². The Kier molecular flexibility index (Phi) is 7.41. The Morgan fingerprint density at radius 1 is 0.788 bits per heavy atom. The molecule has 0 aliphatic carbocycles. The number of rotatable bonds is 9.